The first-order valence-corrected chi connectivity index (χ1v) is 13.3. The van der Waals surface area contributed by atoms with Crippen LogP contribution in [0.25, 0.3) is 0 Å². The number of hydrogen-bond acceptors (Lipinski definition) is 5. The molecule has 1 aromatic carbocycles. The number of rotatable bonds is 5. The second-order valence-electron chi connectivity index (χ2n) is 9.28. The van der Waals surface area contributed by atoms with E-state index in [2.05, 4.69) is 11.8 Å². The second kappa shape index (κ2) is 10.9. The van der Waals surface area contributed by atoms with Crippen LogP contribution < -0.4 is 4.74 Å². The summed E-state index contributed by atoms with van der Waals surface area (Å²) in [5, 5.41) is 9.74. The molecule has 3 atom stereocenters. The van der Waals surface area contributed by atoms with Crippen LogP contribution in [0.3, 0.4) is 0 Å². The molecule has 1 heterocycles. The molecule has 1 aromatic rings. The number of nitrogens with zero attached hydrogens (tertiary/aromatic N) is 2. The Kier molecular flexibility index (Phi) is 8.43. The third-order valence-corrected chi connectivity index (χ3v) is 8.64. The number of carbonyl (C=O) groups is 1. The highest BCUT2D eigenvalue weighted by Gasteiger charge is 2.38. The minimum atomic E-state index is -3.89. The Hall–Kier alpha value is -2.08. The van der Waals surface area contributed by atoms with Gasteiger partial charge in [-0.1, -0.05) is 38.5 Å². The van der Waals surface area contributed by atoms with Gasteiger partial charge in [-0.15, -0.1) is 0 Å². The Morgan fingerprint density at radius 1 is 1.33 bits per heavy atom. The van der Waals surface area contributed by atoms with E-state index >= 15 is 0 Å². The van der Waals surface area contributed by atoms with Crippen LogP contribution in [0.4, 0.5) is 0 Å². The van der Waals surface area contributed by atoms with Crippen molar-refractivity contribution in [3.63, 3.8) is 0 Å². The number of aliphatic hydroxyl groups is 1. The molecule has 0 spiro atoms. The van der Waals surface area contributed by atoms with E-state index in [0.717, 1.165) is 12.8 Å². The van der Waals surface area contributed by atoms with Crippen molar-refractivity contribution in [3.05, 3.63) is 23.8 Å². The third-order valence-electron chi connectivity index (χ3n) is 6.62. The van der Waals surface area contributed by atoms with E-state index in [1.165, 1.54) is 17.1 Å². The lowest BCUT2D eigenvalue weighted by Gasteiger charge is -2.37. The molecule has 1 N–H and O–H groups in total. The highest BCUT2D eigenvalue weighted by Crippen LogP contribution is 2.34. The number of sulfonamides is 1. The lowest BCUT2D eigenvalue weighted by molar-refractivity contribution is -0.131. The van der Waals surface area contributed by atoms with E-state index in [1.807, 2.05) is 13.8 Å². The highest BCUT2D eigenvalue weighted by molar-refractivity contribution is 7.89. The number of hydrogen-bond donors (Lipinski definition) is 1. The van der Waals surface area contributed by atoms with Crippen molar-refractivity contribution in [2.24, 2.45) is 11.8 Å². The maximum atomic E-state index is 13.5. The Morgan fingerprint density at radius 3 is 2.67 bits per heavy atom. The van der Waals surface area contributed by atoms with Crippen molar-refractivity contribution < 1.29 is 23.1 Å². The summed E-state index contributed by atoms with van der Waals surface area (Å²) in [5.41, 5.74) is 0.711. The molecular formula is C25H36N2O5S. The van der Waals surface area contributed by atoms with Gasteiger partial charge in [0, 0.05) is 43.5 Å². The van der Waals surface area contributed by atoms with E-state index in [-0.39, 0.29) is 35.6 Å². The first kappa shape index (κ1) is 25.5. The molecule has 7 nitrogen and oxygen atoms in total. The zero-order valence-electron chi connectivity index (χ0n) is 20.1. The molecule has 3 rings (SSSR count). The summed E-state index contributed by atoms with van der Waals surface area (Å²) < 4.78 is 34.7. The number of amides is 1. The van der Waals surface area contributed by atoms with Gasteiger partial charge in [-0.2, -0.15) is 4.31 Å². The van der Waals surface area contributed by atoms with Gasteiger partial charge in [0.2, 0.25) is 15.9 Å². The van der Waals surface area contributed by atoms with Gasteiger partial charge < -0.3 is 14.7 Å². The Balaban J connectivity index is 2.02. The van der Waals surface area contributed by atoms with Gasteiger partial charge in [-0.25, -0.2) is 8.42 Å². The molecule has 1 fully saturated rings. The van der Waals surface area contributed by atoms with Crippen LogP contribution in [0.15, 0.2) is 23.1 Å². The van der Waals surface area contributed by atoms with Gasteiger partial charge in [0.25, 0.3) is 0 Å². The van der Waals surface area contributed by atoms with Crippen molar-refractivity contribution in [1.82, 2.24) is 9.21 Å². The van der Waals surface area contributed by atoms with Crippen molar-refractivity contribution in [2.45, 2.75) is 69.9 Å². The smallest absolute Gasteiger partial charge is 0.247 e. The molecule has 0 bridgehead atoms. The normalized spacial score (nSPS) is 23.9. The minimum Gasteiger partial charge on any atom is -0.487 e. The highest BCUT2D eigenvalue weighted by atomic mass is 32.2. The van der Waals surface area contributed by atoms with Crippen molar-refractivity contribution in [2.75, 3.05) is 26.7 Å². The monoisotopic (exact) mass is 476 g/mol. The average Bonchev–Trinajstić information content (AvgIpc) is 3.32. The van der Waals surface area contributed by atoms with E-state index < -0.39 is 22.2 Å². The molecule has 1 saturated carbocycles. The predicted molar refractivity (Wildman–Crippen MR) is 127 cm³/mol. The predicted octanol–water partition coefficient (Wildman–Crippen LogP) is 2.87. The number of carbonyl (C=O) groups excluding carboxylic acids is 1. The molecule has 182 valence electrons. The molecule has 2 aliphatic rings. The van der Waals surface area contributed by atoms with Crippen LogP contribution in [0, 0.1) is 23.7 Å². The molecule has 1 aliphatic carbocycles. The Bertz CT molecular complexity index is 1010. The number of likely N-dealkylation sites (N-methyl/N-ethyl adjacent to an activating group) is 1. The number of fused-ring (bicyclic) bond motifs is 1. The first-order valence-electron chi connectivity index (χ1n) is 11.9. The largest absolute Gasteiger partial charge is 0.487 e. The summed E-state index contributed by atoms with van der Waals surface area (Å²) >= 11 is 0. The van der Waals surface area contributed by atoms with Crippen LogP contribution in [0.2, 0.25) is 0 Å². The third kappa shape index (κ3) is 5.89. The molecule has 0 radical (unpaired) electrons. The zero-order valence-corrected chi connectivity index (χ0v) is 20.9. The van der Waals surface area contributed by atoms with Gasteiger partial charge in [0.15, 0.2) is 0 Å². The average molecular weight is 477 g/mol. The number of aliphatic hydroxyl groups excluding tert-OH is 1. The van der Waals surface area contributed by atoms with Crippen LogP contribution in [0.5, 0.6) is 5.75 Å². The van der Waals surface area contributed by atoms with E-state index in [0.29, 0.717) is 24.4 Å². The summed E-state index contributed by atoms with van der Waals surface area (Å²) in [7, 11) is -2.16. The fourth-order valence-corrected chi connectivity index (χ4v) is 6.24. The fourth-order valence-electron chi connectivity index (χ4n) is 4.42. The number of benzene rings is 1. The van der Waals surface area contributed by atoms with E-state index in [1.54, 1.807) is 37.1 Å². The molecule has 0 aromatic heterocycles. The lowest BCUT2D eigenvalue weighted by Crippen LogP contribution is -2.50. The first-order chi connectivity index (χ1) is 15.7. The molecule has 33 heavy (non-hydrogen) atoms. The molecule has 0 unspecified atom stereocenters. The molecule has 1 aliphatic heterocycles. The fraction of sp³-hybridized carbons (Fsp3) is 0.640. The van der Waals surface area contributed by atoms with Crippen molar-refractivity contribution in [3.8, 4) is 17.6 Å². The maximum Gasteiger partial charge on any atom is 0.247 e. The minimum absolute atomic E-state index is 0.00234. The van der Waals surface area contributed by atoms with E-state index in [4.69, 9.17) is 4.74 Å². The van der Waals surface area contributed by atoms with Crippen LogP contribution >= 0.6 is 0 Å². The van der Waals surface area contributed by atoms with E-state index in [9.17, 15) is 18.3 Å². The molecular weight excluding hydrogens is 440 g/mol. The second-order valence-corrected chi connectivity index (χ2v) is 11.1. The van der Waals surface area contributed by atoms with Crippen molar-refractivity contribution >= 4 is 15.9 Å². The van der Waals surface area contributed by atoms with Crippen LogP contribution in [0.1, 0.15) is 58.4 Å². The van der Waals surface area contributed by atoms with Gasteiger partial charge in [-0.05, 0) is 38.0 Å². The van der Waals surface area contributed by atoms with Crippen LogP contribution in [-0.2, 0) is 14.8 Å². The number of ether oxygens (including phenoxy) is 1. The summed E-state index contributed by atoms with van der Waals surface area (Å²) in [6.07, 6.45) is 4.59. The molecule has 1 amide bonds. The molecule has 0 saturated heterocycles. The summed E-state index contributed by atoms with van der Waals surface area (Å²) in [6, 6.07) is 4.38. The van der Waals surface area contributed by atoms with Crippen molar-refractivity contribution in [1.29, 1.82) is 0 Å². The zero-order chi connectivity index (χ0) is 24.2. The SMILES string of the molecule is CCC(=O)N(C)C[C@@H]1Oc2cc(C#CC3CCCC3)ccc2S(=O)(=O)N([C@H](C)CO)C[C@@H]1C. The lowest BCUT2D eigenvalue weighted by atomic mass is 10.0. The maximum absolute atomic E-state index is 13.5. The van der Waals surface area contributed by atoms with Gasteiger partial charge in [0.1, 0.15) is 16.7 Å². The van der Waals surface area contributed by atoms with Gasteiger partial charge in [0.05, 0.1) is 13.2 Å². The Morgan fingerprint density at radius 2 is 2.03 bits per heavy atom. The standard InChI is InChI=1S/C25H36N2O5S/c1-5-25(29)26(4)16-23-18(2)15-27(19(3)17-28)33(30,31)24-13-12-21(14-22(24)32-23)11-10-20-8-6-7-9-20/h12-14,18-20,23,28H,5-9,15-17H2,1-4H3/t18-,19+,23-/m0/s1. The topological polar surface area (TPSA) is 87.2 Å². The summed E-state index contributed by atoms with van der Waals surface area (Å²) in [5.74, 6) is 6.94. The Labute approximate surface area is 198 Å². The van der Waals surface area contributed by atoms with Gasteiger partial charge in [-0.3, -0.25) is 4.79 Å². The quantitative estimate of drug-likeness (QED) is 0.661. The molecule has 8 heteroatoms. The summed E-state index contributed by atoms with van der Waals surface area (Å²) in [4.78, 5) is 13.9. The van der Waals surface area contributed by atoms with Gasteiger partial charge >= 0.3 is 0 Å². The van der Waals surface area contributed by atoms with Crippen LogP contribution in [-0.4, -0.2) is 67.5 Å². The summed E-state index contributed by atoms with van der Waals surface area (Å²) in [6.45, 7) is 5.65.